The van der Waals surface area contributed by atoms with Gasteiger partial charge in [-0.15, -0.1) is 11.3 Å². The van der Waals surface area contributed by atoms with E-state index >= 15 is 0 Å². The second-order valence-corrected chi connectivity index (χ2v) is 9.05. The molecule has 0 aliphatic rings. The lowest BCUT2D eigenvalue weighted by Gasteiger charge is -2.11. The number of benzene rings is 1. The van der Waals surface area contributed by atoms with E-state index in [0.29, 0.717) is 4.88 Å². The summed E-state index contributed by atoms with van der Waals surface area (Å²) in [7, 11) is -3.77. The maximum atomic E-state index is 12.3. The molecule has 3 rings (SSSR count). The Balaban J connectivity index is 1.69. The number of sulfonamides is 1. The smallest absolute Gasteiger partial charge is 0.242 e. The molecule has 3 aromatic rings. The summed E-state index contributed by atoms with van der Waals surface area (Å²) in [6.45, 7) is -0.114. The molecule has 0 fully saturated rings. The monoisotopic (exact) mass is 399 g/mol. The van der Waals surface area contributed by atoms with Crippen molar-refractivity contribution in [2.24, 2.45) is 0 Å². The number of aliphatic hydroxyl groups excluding tert-OH is 1. The van der Waals surface area contributed by atoms with Crippen LogP contribution in [0.3, 0.4) is 0 Å². The third-order valence-corrected chi connectivity index (χ3v) is 7.20. The van der Waals surface area contributed by atoms with Gasteiger partial charge in [0.1, 0.15) is 11.0 Å². The first-order valence-corrected chi connectivity index (χ1v) is 10.6. The Kier molecular flexibility index (Phi) is 5.39. The Hall–Kier alpha value is -1.22. The van der Waals surface area contributed by atoms with Crippen LogP contribution in [0.1, 0.15) is 11.0 Å². The molecule has 0 saturated heterocycles. The number of hydrogen-bond donors (Lipinski definition) is 2. The SMILES string of the molecule is O=S(=O)(NCC(O)c1ccc(-c2ccsc2)s1)c1ccccc1Cl. The maximum absolute atomic E-state index is 12.3. The summed E-state index contributed by atoms with van der Waals surface area (Å²) >= 11 is 8.97. The van der Waals surface area contributed by atoms with E-state index in [1.165, 1.54) is 23.5 Å². The van der Waals surface area contributed by atoms with Crippen LogP contribution >= 0.6 is 34.3 Å². The largest absolute Gasteiger partial charge is 0.386 e. The fourth-order valence-electron chi connectivity index (χ4n) is 2.12. The average Bonchev–Trinajstić information content (AvgIpc) is 3.23. The first-order chi connectivity index (χ1) is 11.5. The van der Waals surface area contributed by atoms with Gasteiger partial charge in [0.05, 0.1) is 5.02 Å². The van der Waals surface area contributed by atoms with Gasteiger partial charge in [-0.2, -0.15) is 11.3 Å². The highest BCUT2D eigenvalue weighted by Crippen LogP contribution is 2.32. The molecule has 2 aromatic heterocycles. The van der Waals surface area contributed by atoms with Crippen LogP contribution in [-0.4, -0.2) is 20.1 Å². The second-order valence-electron chi connectivity index (χ2n) is 5.01. The lowest BCUT2D eigenvalue weighted by molar-refractivity contribution is 0.186. The van der Waals surface area contributed by atoms with Crippen molar-refractivity contribution in [1.82, 2.24) is 4.72 Å². The third-order valence-electron chi connectivity index (χ3n) is 3.35. The predicted molar refractivity (Wildman–Crippen MR) is 99.2 cm³/mol. The Labute approximate surface area is 153 Å². The summed E-state index contributed by atoms with van der Waals surface area (Å²) < 4.78 is 27.0. The zero-order chi connectivity index (χ0) is 17.2. The molecule has 24 heavy (non-hydrogen) atoms. The van der Waals surface area contributed by atoms with Gasteiger partial charge in [-0.25, -0.2) is 13.1 Å². The van der Waals surface area contributed by atoms with E-state index in [1.807, 2.05) is 29.0 Å². The fraction of sp³-hybridized carbons (Fsp3) is 0.125. The van der Waals surface area contributed by atoms with Gasteiger partial charge in [0.15, 0.2) is 0 Å². The summed E-state index contributed by atoms with van der Waals surface area (Å²) in [5, 5.41) is 14.4. The standard InChI is InChI=1S/C16H14ClNO3S3/c17-12-3-1-2-4-16(12)24(20,21)18-9-13(19)15-6-5-14(23-15)11-7-8-22-10-11/h1-8,10,13,18-19H,9H2. The zero-order valence-corrected chi connectivity index (χ0v) is 15.6. The molecule has 2 heterocycles. The lowest BCUT2D eigenvalue weighted by Crippen LogP contribution is -2.28. The third kappa shape index (κ3) is 3.88. The van der Waals surface area contributed by atoms with Crippen molar-refractivity contribution in [3.63, 3.8) is 0 Å². The van der Waals surface area contributed by atoms with Gasteiger partial charge in [-0.3, -0.25) is 0 Å². The van der Waals surface area contributed by atoms with E-state index in [0.717, 1.165) is 10.4 Å². The Morgan fingerprint density at radius 3 is 2.67 bits per heavy atom. The van der Waals surface area contributed by atoms with Crippen molar-refractivity contribution in [2.45, 2.75) is 11.0 Å². The van der Waals surface area contributed by atoms with Crippen molar-refractivity contribution >= 4 is 44.3 Å². The second kappa shape index (κ2) is 7.35. The van der Waals surface area contributed by atoms with Crippen molar-refractivity contribution in [1.29, 1.82) is 0 Å². The van der Waals surface area contributed by atoms with Crippen LogP contribution < -0.4 is 4.72 Å². The van der Waals surface area contributed by atoms with Gasteiger partial charge in [-0.1, -0.05) is 23.7 Å². The highest BCUT2D eigenvalue weighted by Gasteiger charge is 2.20. The van der Waals surface area contributed by atoms with Gasteiger partial charge in [0.2, 0.25) is 10.0 Å². The summed E-state index contributed by atoms with van der Waals surface area (Å²) in [5.74, 6) is 0. The summed E-state index contributed by atoms with van der Waals surface area (Å²) in [5.41, 5.74) is 1.10. The van der Waals surface area contributed by atoms with Crippen molar-refractivity contribution in [3.8, 4) is 10.4 Å². The summed E-state index contributed by atoms with van der Waals surface area (Å²) in [4.78, 5) is 1.75. The predicted octanol–water partition coefficient (Wildman–Crippen LogP) is 4.14. The van der Waals surface area contributed by atoms with E-state index in [2.05, 4.69) is 4.72 Å². The first kappa shape index (κ1) is 17.6. The topological polar surface area (TPSA) is 66.4 Å². The average molecular weight is 400 g/mol. The maximum Gasteiger partial charge on any atom is 0.242 e. The Morgan fingerprint density at radius 2 is 1.96 bits per heavy atom. The molecule has 0 bridgehead atoms. The molecule has 0 aliphatic carbocycles. The van der Waals surface area contributed by atoms with Crippen molar-refractivity contribution in [3.05, 3.63) is 63.1 Å². The minimum atomic E-state index is -3.77. The Morgan fingerprint density at radius 1 is 1.17 bits per heavy atom. The van der Waals surface area contributed by atoms with Crippen LogP contribution in [0.4, 0.5) is 0 Å². The van der Waals surface area contributed by atoms with E-state index in [1.54, 1.807) is 23.5 Å². The molecule has 4 nitrogen and oxygen atoms in total. The van der Waals surface area contributed by atoms with Gasteiger partial charge in [0, 0.05) is 21.9 Å². The molecule has 2 N–H and O–H groups in total. The number of nitrogens with one attached hydrogen (secondary N) is 1. The molecular weight excluding hydrogens is 386 g/mol. The zero-order valence-electron chi connectivity index (χ0n) is 12.3. The van der Waals surface area contributed by atoms with Crippen LogP contribution in [0.15, 0.2) is 58.1 Å². The lowest BCUT2D eigenvalue weighted by atomic mass is 10.2. The molecule has 0 amide bonds. The van der Waals surface area contributed by atoms with E-state index < -0.39 is 16.1 Å². The fourth-order valence-corrected chi connectivity index (χ4v) is 5.40. The van der Waals surface area contributed by atoms with E-state index in [-0.39, 0.29) is 16.5 Å². The highest BCUT2D eigenvalue weighted by molar-refractivity contribution is 7.89. The van der Waals surface area contributed by atoms with Gasteiger partial charge >= 0.3 is 0 Å². The minimum Gasteiger partial charge on any atom is -0.386 e. The van der Waals surface area contributed by atoms with Gasteiger partial charge in [-0.05, 0) is 41.1 Å². The normalized spacial score (nSPS) is 13.1. The van der Waals surface area contributed by atoms with Gasteiger partial charge < -0.3 is 5.11 Å². The quantitative estimate of drug-likeness (QED) is 0.654. The molecule has 0 radical (unpaired) electrons. The summed E-state index contributed by atoms with van der Waals surface area (Å²) in [6.07, 6.45) is -0.917. The molecule has 8 heteroatoms. The first-order valence-electron chi connectivity index (χ1n) is 7.02. The number of hydrogen-bond acceptors (Lipinski definition) is 5. The van der Waals surface area contributed by atoms with Crippen LogP contribution in [-0.2, 0) is 10.0 Å². The molecule has 126 valence electrons. The number of halogens is 1. The van der Waals surface area contributed by atoms with Crippen LogP contribution in [0.25, 0.3) is 10.4 Å². The van der Waals surface area contributed by atoms with E-state index in [4.69, 9.17) is 11.6 Å². The van der Waals surface area contributed by atoms with E-state index in [9.17, 15) is 13.5 Å². The Bertz CT molecular complexity index is 920. The van der Waals surface area contributed by atoms with Crippen LogP contribution in [0, 0.1) is 0 Å². The molecule has 1 atom stereocenters. The highest BCUT2D eigenvalue weighted by atomic mass is 35.5. The minimum absolute atomic E-state index is 0.00371. The summed E-state index contributed by atoms with van der Waals surface area (Å²) in [6, 6.07) is 11.9. The number of rotatable bonds is 6. The number of aliphatic hydroxyl groups is 1. The van der Waals surface area contributed by atoms with Crippen molar-refractivity contribution < 1.29 is 13.5 Å². The molecule has 0 saturated carbocycles. The number of thiophene rings is 2. The van der Waals surface area contributed by atoms with Crippen LogP contribution in [0.5, 0.6) is 0 Å². The molecule has 0 spiro atoms. The molecule has 1 unspecified atom stereocenters. The molecule has 1 aromatic carbocycles. The van der Waals surface area contributed by atoms with Crippen LogP contribution in [0.2, 0.25) is 5.02 Å². The van der Waals surface area contributed by atoms with Gasteiger partial charge in [0.25, 0.3) is 0 Å². The molecular formula is C16H14ClNO3S3. The molecule has 0 aliphatic heterocycles. The van der Waals surface area contributed by atoms with Crippen molar-refractivity contribution in [2.75, 3.05) is 6.54 Å².